The zero-order chi connectivity index (χ0) is 15.9. The van der Waals surface area contributed by atoms with Gasteiger partial charge in [0, 0.05) is 23.8 Å². The van der Waals surface area contributed by atoms with Crippen LogP contribution in [0.2, 0.25) is 0 Å². The van der Waals surface area contributed by atoms with Crippen molar-refractivity contribution in [1.29, 1.82) is 0 Å². The molecule has 116 valence electrons. The highest BCUT2D eigenvalue weighted by Crippen LogP contribution is 2.16. The maximum absolute atomic E-state index is 5.35. The van der Waals surface area contributed by atoms with Gasteiger partial charge in [-0.05, 0) is 54.9 Å². The Balaban J connectivity index is 1.46. The van der Waals surface area contributed by atoms with Crippen molar-refractivity contribution in [3.63, 3.8) is 0 Å². The van der Waals surface area contributed by atoms with E-state index in [1.165, 1.54) is 5.56 Å². The number of pyridine rings is 1. The largest absolute Gasteiger partial charge is 0.362 e. The highest BCUT2D eigenvalue weighted by molar-refractivity contribution is 7.80. The Labute approximate surface area is 141 Å². The number of aromatic nitrogens is 1. The Morgan fingerprint density at radius 3 is 2.74 bits per heavy atom. The molecule has 2 N–H and O–H groups in total. The van der Waals surface area contributed by atoms with Crippen molar-refractivity contribution >= 4 is 33.9 Å². The average Bonchev–Trinajstić information content (AvgIpc) is 2.59. The summed E-state index contributed by atoms with van der Waals surface area (Å²) < 4.78 is 0. The quantitative estimate of drug-likeness (QED) is 0.547. The summed E-state index contributed by atoms with van der Waals surface area (Å²) in [5, 5.41) is 8.23. The summed E-state index contributed by atoms with van der Waals surface area (Å²) in [6.45, 7) is 0.857. The van der Waals surface area contributed by atoms with Gasteiger partial charge in [-0.25, -0.2) is 0 Å². The van der Waals surface area contributed by atoms with Crippen LogP contribution in [0, 0.1) is 0 Å². The van der Waals surface area contributed by atoms with Gasteiger partial charge in [-0.1, -0.05) is 36.4 Å². The van der Waals surface area contributed by atoms with Crippen LogP contribution in [0.1, 0.15) is 12.0 Å². The molecule has 1 heterocycles. The number of anilines is 1. The zero-order valence-electron chi connectivity index (χ0n) is 12.8. The van der Waals surface area contributed by atoms with E-state index in [4.69, 9.17) is 12.2 Å². The van der Waals surface area contributed by atoms with Gasteiger partial charge < -0.3 is 10.6 Å². The summed E-state index contributed by atoms with van der Waals surface area (Å²) in [6.07, 6.45) is 3.90. The van der Waals surface area contributed by atoms with Crippen LogP contribution in [0.4, 0.5) is 5.69 Å². The van der Waals surface area contributed by atoms with E-state index >= 15 is 0 Å². The number of thiocarbonyl (C=S) groups is 1. The van der Waals surface area contributed by atoms with E-state index in [1.54, 1.807) is 6.20 Å². The van der Waals surface area contributed by atoms with Gasteiger partial charge in [0.05, 0.1) is 5.52 Å². The van der Waals surface area contributed by atoms with Crippen molar-refractivity contribution in [1.82, 2.24) is 10.3 Å². The summed E-state index contributed by atoms with van der Waals surface area (Å²) >= 11 is 5.35. The minimum Gasteiger partial charge on any atom is -0.362 e. The fourth-order valence-electron chi connectivity index (χ4n) is 2.47. The fraction of sp³-hybridized carbons (Fsp3) is 0.158. The topological polar surface area (TPSA) is 37.0 Å². The lowest BCUT2D eigenvalue weighted by Crippen LogP contribution is -2.29. The predicted octanol–water partition coefficient (Wildman–Crippen LogP) is 4.15. The van der Waals surface area contributed by atoms with Gasteiger partial charge in [-0.15, -0.1) is 0 Å². The molecule has 0 aliphatic heterocycles. The second-order valence-corrected chi connectivity index (χ2v) is 5.79. The van der Waals surface area contributed by atoms with E-state index in [2.05, 4.69) is 45.9 Å². The lowest BCUT2D eigenvalue weighted by atomic mass is 10.1. The molecule has 3 rings (SSSR count). The number of aryl methyl sites for hydroxylation is 1. The molecule has 3 nitrogen and oxygen atoms in total. The second-order valence-electron chi connectivity index (χ2n) is 5.38. The first-order valence-corrected chi connectivity index (χ1v) is 8.16. The molecule has 0 aliphatic rings. The third-order valence-electron chi connectivity index (χ3n) is 3.63. The Kier molecular flexibility index (Phi) is 5.17. The van der Waals surface area contributed by atoms with Crippen LogP contribution in [0.3, 0.4) is 0 Å². The number of hydrogen-bond donors (Lipinski definition) is 2. The van der Waals surface area contributed by atoms with Gasteiger partial charge >= 0.3 is 0 Å². The summed E-state index contributed by atoms with van der Waals surface area (Å²) in [7, 11) is 0. The molecular formula is C19H19N3S. The average molecular weight is 321 g/mol. The molecule has 0 amide bonds. The van der Waals surface area contributed by atoms with Crippen molar-refractivity contribution in [2.45, 2.75) is 12.8 Å². The molecule has 0 bridgehead atoms. The van der Waals surface area contributed by atoms with E-state index in [9.17, 15) is 0 Å². The van der Waals surface area contributed by atoms with Crippen molar-refractivity contribution < 1.29 is 0 Å². The monoisotopic (exact) mass is 321 g/mol. The molecule has 2 aromatic carbocycles. The minimum absolute atomic E-state index is 0.654. The maximum atomic E-state index is 5.35. The number of nitrogens with one attached hydrogen (secondary N) is 2. The first-order valence-electron chi connectivity index (χ1n) is 7.75. The van der Waals surface area contributed by atoms with Gasteiger partial charge in [0.25, 0.3) is 0 Å². The van der Waals surface area contributed by atoms with Crippen molar-refractivity contribution in [3.8, 4) is 0 Å². The number of benzene rings is 2. The summed E-state index contributed by atoms with van der Waals surface area (Å²) in [6, 6.07) is 20.5. The molecule has 0 fully saturated rings. The van der Waals surface area contributed by atoms with E-state index in [0.717, 1.165) is 36.0 Å². The van der Waals surface area contributed by atoms with Gasteiger partial charge in [-0.3, -0.25) is 4.98 Å². The van der Waals surface area contributed by atoms with Crippen LogP contribution in [-0.2, 0) is 6.42 Å². The van der Waals surface area contributed by atoms with E-state index < -0.39 is 0 Å². The lowest BCUT2D eigenvalue weighted by Gasteiger charge is -2.11. The standard InChI is InChI=1S/C19H19N3S/c23-19(21-13-4-8-15-6-2-1-3-7-15)22-17-10-11-18-16(14-17)9-5-12-20-18/h1-3,5-7,9-12,14H,4,8,13H2,(H2,21,22,23). The second kappa shape index (κ2) is 7.70. The molecule has 3 aromatic rings. The minimum atomic E-state index is 0.654. The molecule has 0 saturated carbocycles. The molecular weight excluding hydrogens is 302 g/mol. The molecule has 1 aromatic heterocycles. The molecule has 0 radical (unpaired) electrons. The third kappa shape index (κ3) is 4.50. The first-order chi connectivity index (χ1) is 11.3. The van der Waals surface area contributed by atoms with Gasteiger partial charge in [0.15, 0.2) is 5.11 Å². The summed E-state index contributed by atoms with van der Waals surface area (Å²) in [4.78, 5) is 4.31. The molecule has 23 heavy (non-hydrogen) atoms. The van der Waals surface area contributed by atoms with Gasteiger partial charge in [-0.2, -0.15) is 0 Å². The van der Waals surface area contributed by atoms with Gasteiger partial charge in [0.1, 0.15) is 0 Å². The number of hydrogen-bond acceptors (Lipinski definition) is 2. The molecule has 0 aliphatic carbocycles. The van der Waals surface area contributed by atoms with Crippen molar-refractivity contribution in [2.24, 2.45) is 0 Å². The van der Waals surface area contributed by atoms with Crippen LogP contribution in [0.15, 0.2) is 66.9 Å². The maximum Gasteiger partial charge on any atom is 0.170 e. The zero-order valence-corrected chi connectivity index (χ0v) is 13.6. The Morgan fingerprint density at radius 1 is 1.00 bits per heavy atom. The van der Waals surface area contributed by atoms with E-state index in [0.29, 0.717) is 5.11 Å². The molecule has 0 atom stereocenters. The lowest BCUT2D eigenvalue weighted by molar-refractivity contribution is 0.777. The SMILES string of the molecule is S=C(NCCCc1ccccc1)Nc1ccc2ncccc2c1. The normalized spacial score (nSPS) is 10.4. The Hall–Kier alpha value is -2.46. The first kappa shape index (κ1) is 15.4. The molecule has 0 spiro atoms. The third-order valence-corrected chi connectivity index (χ3v) is 3.88. The molecule has 0 saturated heterocycles. The Morgan fingerprint density at radius 2 is 1.87 bits per heavy atom. The smallest absolute Gasteiger partial charge is 0.170 e. The fourth-order valence-corrected chi connectivity index (χ4v) is 2.69. The predicted molar refractivity (Wildman–Crippen MR) is 101 cm³/mol. The van der Waals surface area contributed by atoms with Crippen LogP contribution in [0.5, 0.6) is 0 Å². The number of nitrogens with zero attached hydrogens (tertiary/aromatic N) is 1. The summed E-state index contributed by atoms with van der Waals surface area (Å²) in [5.41, 5.74) is 3.32. The highest BCUT2D eigenvalue weighted by atomic mass is 32.1. The van der Waals surface area contributed by atoms with Crippen LogP contribution < -0.4 is 10.6 Å². The van der Waals surface area contributed by atoms with E-state index in [1.807, 2.05) is 30.3 Å². The van der Waals surface area contributed by atoms with Crippen LogP contribution >= 0.6 is 12.2 Å². The highest BCUT2D eigenvalue weighted by Gasteiger charge is 2.00. The van der Waals surface area contributed by atoms with E-state index in [-0.39, 0.29) is 0 Å². The van der Waals surface area contributed by atoms with Gasteiger partial charge in [0.2, 0.25) is 0 Å². The summed E-state index contributed by atoms with van der Waals surface area (Å²) in [5.74, 6) is 0. The van der Waals surface area contributed by atoms with Crippen molar-refractivity contribution in [2.75, 3.05) is 11.9 Å². The number of fused-ring (bicyclic) bond motifs is 1. The Bertz CT molecular complexity index is 787. The molecule has 4 heteroatoms. The van der Waals surface area contributed by atoms with Crippen molar-refractivity contribution in [3.05, 3.63) is 72.4 Å². The molecule has 0 unspecified atom stereocenters. The number of rotatable bonds is 5. The van der Waals surface area contributed by atoms with Crippen LogP contribution in [-0.4, -0.2) is 16.6 Å². The van der Waals surface area contributed by atoms with Crippen LogP contribution in [0.25, 0.3) is 10.9 Å².